The number of carbonyl (C=O) groups is 2. The van der Waals surface area contributed by atoms with Gasteiger partial charge in [-0.25, -0.2) is 4.39 Å². The highest BCUT2D eigenvalue weighted by Crippen LogP contribution is 2.17. The summed E-state index contributed by atoms with van der Waals surface area (Å²) in [7, 11) is 0. The van der Waals surface area contributed by atoms with Gasteiger partial charge in [0.15, 0.2) is 5.82 Å². The predicted molar refractivity (Wildman–Crippen MR) is 107 cm³/mol. The minimum absolute atomic E-state index is 0.0975. The van der Waals surface area contributed by atoms with E-state index < -0.39 is 5.82 Å². The van der Waals surface area contributed by atoms with Crippen LogP contribution < -0.4 is 10.6 Å². The summed E-state index contributed by atoms with van der Waals surface area (Å²) >= 11 is 1.19. The molecule has 0 aliphatic rings. The number of benzene rings is 2. The largest absolute Gasteiger partial charge is 0.325 e. The number of anilines is 2. The van der Waals surface area contributed by atoms with Crippen LogP contribution in [0.4, 0.5) is 15.9 Å². The second kappa shape index (κ2) is 9.09. The maximum Gasteiger partial charge on any atom is 0.256 e. The van der Waals surface area contributed by atoms with Crippen LogP contribution in [0, 0.1) is 12.7 Å². The fourth-order valence-corrected chi connectivity index (χ4v) is 2.87. The van der Waals surface area contributed by atoms with E-state index in [4.69, 9.17) is 0 Å². The standard InChI is InChI=1S/C20H17FN4O2S/c1-13-5-7-14(8-6-13)20(27)23-17-9-10-19(25-24-17)28-12-18(26)22-16-4-2-3-15(21)11-16/h2-11H,12H2,1H3,(H,22,26)(H,23,24,27). The van der Waals surface area contributed by atoms with Crippen molar-refractivity contribution in [2.24, 2.45) is 0 Å². The van der Waals surface area contributed by atoms with E-state index in [0.717, 1.165) is 5.56 Å². The van der Waals surface area contributed by atoms with Crippen molar-refractivity contribution >= 4 is 35.1 Å². The minimum Gasteiger partial charge on any atom is -0.325 e. The van der Waals surface area contributed by atoms with Crippen molar-refractivity contribution in [3.8, 4) is 0 Å². The summed E-state index contributed by atoms with van der Waals surface area (Å²) in [5.41, 5.74) is 1.99. The van der Waals surface area contributed by atoms with E-state index in [9.17, 15) is 14.0 Å². The molecule has 0 aliphatic carbocycles. The number of hydrogen-bond acceptors (Lipinski definition) is 5. The van der Waals surface area contributed by atoms with Crippen LogP contribution >= 0.6 is 11.8 Å². The van der Waals surface area contributed by atoms with Crippen LogP contribution in [0.15, 0.2) is 65.7 Å². The second-order valence-corrected chi connectivity index (χ2v) is 6.92. The van der Waals surface area contributed by atoms with E-state index in [1.807, 2.05) is 19.1 Å². The predicted octanol–water partition coefficient (Wildman–Crippen LogP) is 3.91. The molecule has 142 valence electrons. The summed E-state index contributed by atoms with van der Waals surface area (Å²) < 4.78 is 13.1. The van der Waals surface area contributed by atoms with Crippen molar-refractivity contribution < 1.29 is 14.0 Å². The Morgan fingerprint density at radius 1 is 1.00 bits per heavy atom. The fourth-order valence-electron chi connectivity index (χ4n) is 2.26. The first-order valence-electron chi connectivity index (χ1n) is 8.39. The van der Waals surface area contributed by atoms with Crippen LogP contribution in [-0.2, 0) is 4.79 Å². The van der Waals surface area contributed by atoms with Crippen molar-refractivity contribution in [1.29, 1.82) is 0 Å². The molecule has 28 heavy (non-hydrogen) atoms. The second-order valence-electron chi connectivity index (χ2n) is 5.92. The Hall–Kier alpha value is -3.26. The molecular formula is C20H17FN4O2S. The van der Waals surface area contributed by atoms with Gasteiger partial charge in [0.2, 0.25) is 5.91 Å². The van der Waals surface area contributed by atoms with Crippen LogP contribution in [0.3, 0.4) is 0 Å². The molecule has 6 nitrogen and oxygen atoms in total. The molecule has 0 spiro atoms. The van der Waals surface area contributed by atoms with Crippen molar-refractivity contribution in [2.75, 3.05) is 16.4 Å². The van der Waals surface area contributed by atoms with E-state index in [1.54, 1.807) is 30.3 Å². The smallest absolute Gasteiger partial charge is 0.256 e. The Morgan fingerprint density at radius 3 is 2.46 bits per heavy atom. The molecule has 0 bridgehead atoms. The highest BCUT2D eigenvalue weighted by Gasteiger charge is 2.09. The number of amides is 2. The molecule has 0 fully saturated rings. The average molecular weight is 396 g/mol. The van der Waals surface area contributed by atoms with E-state index in [-0.39, 0.29) is 17.6 Å². The first kappa shape index (κ1) is 19.5. The monoisotopic (exact) mass is 396 g/mol. The third-order valence-electron chi connectivity index (χ3n) is 3.65. The number of rotatable bonds is 6. The molecule has 8 heteroatoms. The quantitative estimate of drug-likeness (QED) is 0.617. The highest BCUT2D eigenvalue weighted by atomic mass is 32.2. The van der Waals surface area contributed by atoms with Gasteiger partial charge in [-0.3, -0.25) is 9.59 Å². The maximum absolute atomic E-state index is 13.1. The lowest BCUT2D eigenvalue weighted by Crippen LogP contribution is -2.14. The number of nitrogens with one attached hydrogen (secondary N) is 2. The summed E-state index contributed by atoms with van der Waals surface area (Å²) in [6.07, 6.45) is 0. The Bertz CT molecular complexity index is 978. The average Bonchev–Trinajstić information content (AvgIpc) is 2.68. The third kappa shape index (κ3) is 5.62. The molecule has 2 aromatic carbocycles. The first-order valence-corrected chi connectivity index (χ1v) is 9.38. The topological polar surface area (TPSA) is 84.0 Å². The number of carbonyl (C=O) groups excluding carboxylic acids is 2. The normalized spacial score (nSPS) is 10.4. The molecule has 1 heterocycles. The Kier molecular flexibility index (Phi) is 6.33. The number of hydrogen-bond donors (Lipinski definition) is 2. The molecule has 2 amide bonds. The highest BCUT2D eigenvalue weighted by molar-refractivity contribution is 7.99. The SMILES string of the molecule is Cc1ccc(C(=O)Nc2ccc(SCC(=O)Nc3cccc(F)c3)nn2)cc1. The molecule has 0 aliphatic heterocycles. The summed E-state index contributed by atoms with van der Waals surface area (Å²) in [4.78, 5) is 24.1. The number of aromatic nitrogens is 2. The van der Waals surface area contributed by atoms with E-state index in [0.29, 0.717) is 22.1 Å². The Labute approximate surface area is 165 Å². The fraction of sp³-hybridized carbons (Fsp3) is 0.100. The van der Waals surface area contributed by atoms with Gasteiger partial charge in [0.05, 0.1) is 5.75 Å². The molecule has 3 rings (SSSR count). The van der Waals surface area contributed by atoms with Gasteiger partial charge in [-0.05, 0) is 49.4 Å². The van der Waals surface area contributed by atoms with E-state index >= 15 is 0 Å². The van der Waals surface area contributed by atoms with Crippen LogP contribution in [0.1, 0.15) is 15.9 Å². The van der Waals surface area contributed by atoms with Crippen LogP contribution in [-0.4, -0.2) is 27.8 Å². The number of aryl methyl sites for hydroxylation is 1. The van der Waals surface area contributed by atoms with E-state index in [2.05, 4.69) is 20.8 Å². The lowest BCUT2D eigenvalue weighted by Gasteiger charge is -2.06. The zero-order valence-electron chi connectivity index (χ0n) is 15.0. The molecule has 3 aromatic rings. The van der Waals surface area contributed by atoms with Crippen molar-refractivity contribution in [1.82, 2.24) is 10.2 Å². The molecule has 0 saturated heterocycles. The van der Waals surface area contributed by atoms with Crippen molar-refractivity contribution in [3.05, 3.63) is 77.6 Å². The van der Waals surface area contributed by atoms with Crippen molar-refractivity contribution in [3.63, 3.8) is 0 Å². The number of halogens is 1. The van der Waals surface area contributed by atoms with Gasteiger partial charge >= 0.3 is 0 Å². The molecule has 0 saturated carbocycles. The zero-order valence-corrected chi connectivity index (χ0v) is 15.8. The third-order valence-corrected chi connectivity index (χ3v) is 4.57. The summed E-state index contributed by atoms with van der Waals surface area (Å²) in [6.45, 7) is 1.95. The van der Waals surface area contributed by atoms with Gasteiger partial charge in [-0.1, -0.05) is 35.5 Å². The summed E-state index contributed by atoms with van der Waals surface area (Å²) in [5, 5.41) is 13.8. The Balaban J connectivity index is 1.50. The number of nitrogens with zero attached hydrogens (tertiary/aromatic N) is 2. The van der Waals surface area contributed by atoms with Gasteiger partial charge in [0, 0.05) is 11.3 Å². The first-order chi connectivity index (χ1) is 13.5. The van der Waals surface area contributed by atoms with Crippen LogP contribution in [0.5, 0.6) is 0 Å². The van der Waals surface area contributed by atoms with Crippen LogP contribution in [0.25, 0.3) is 0 Å². The maximum atomic E-state index is 13.1. The van der Waals surface area contributed by atoms with Crippen molar-refractivity contribution in [2.45, 2.75) is 11.9 Å². The Morgan fingerprint density at radius 2 is 1.79 bits per heavy atom. The molecule has 0 radical (unpaired) electrons. The molecule has 0 atom stereocenters. The van der Waals surface area contributed by atoms with Gasteiger partial charge < -0.3 is 10.6 Å². The number of thioether (sulfide) groups is 1. The summed E-state index contributed by atoms with van der Waals surface area (Å²) in [5.74, 6) is -0.558. The zero-order chi connectivity index (χ0) is 19.9. The minimum atomic E-state index is -0.417. The van der Waals surface area contributed by atoms with Gasteiger partial charge in [-0.15, -0.1) is 10.2 Å². The summed E-state index contributed by atoms with van der Waals surface area (Å²) in [6, 6.07) is 16.1. The van der Waals surface area contributed by atoms with Gasteiger partial charge in [0.1, 0.15) is 10.8 Å². The van der Waals surface area contributed by atoms with Gasteiger partial charge in [0.25, 0.3) is 5.91 Å². The molecule has 0 unspecified atom stereocenters. The van der Waals surface area contributed by atoms with E-state index in [1.165, 1.54) is 30.0 Å². The molecule has 1 aromatic heterocycles. The van der Waals surface area contributed by atoms with Gasteiger partial charge in [-0.2, -0.15) is 0 Å². The lowest BCUT2D eigenvalue weighted by atomic mass is 10.1. The molecular weight excluding hydrogens is 379 g/mol. The molecule has 2 N–H and O–H groups in total. The van der Waals surface area contributed by atoms with Crippen LogP contribution in [0.2, 0.25) is 0 Å². The lowest BCUT2D eigenvalue weighted by molar-refractivity contribution is -0.113.